The summed E-state index contributed by atoms with van der Waals surface area (Å²) in [5.41, 5.74) is 2.36. The van der Waals surface area contributed by atoms with Crippen LogP contribution in [0.5, 0.6) is 0 Å². The molecule has 2 aromatic heterocycles. The van der Waals surface area contributed by atoms with Crippen molar-refractivity contribution >= 4 is 22.6 Å². The molecule has 0 radical (unpaired) electrons. The molecule has 0 aliphatic heterocycles. The van der Waals surface area contributed by atoms with Crippen molar-refractivity contribution in [3.05, 3.63) is 35.9 Å². The molecule has 0 aliphatic carbocycles. The maximum atomic E-state index is 5.58. The lowest BCUT2D eigenvalue weighted by Crippen LogP contribution is -1.83. The summed E-state index contributed by atoms with van der Waals surface area (Å²) < 4.78 is 4.96. The topological polar surface area (TPSA) is 64.7 Å². The Morgan fingerprint density at radius 3 is 2.62 bits per heavy atom. The Morgan fingerprint density at radius 1 is 1.06 bits per heavy atom. The molecule has 0 unspecified atom stereocenters. The van der Waals surface area contributed by atoms with Gasteiger partial charge in [0.05, 0.1) is 11.0 Å². The van der Waals surface area contributed by atoms with E-state index in [1.165, 1.54) is 0 Å². The van der Waals surface area contributed by atoms with Crippen molar-refractivity contribution in [3.8, 4) is 11.5 Å². The molecule has 0 spiro atoms. The van der Waals surface area contributed by atoms with Crippen LogP contribution in [0.25, 0.3) is 22.5 Å². The van der Waals surface area contributed by atoms with Crippen LogP contribution in [0.1, 0.15) is 0 Å². The van der Waals surface area contributed by atoms with Gasteiger partial charge in [0.25, 0.3) is 11.2 Å². The van der Waals surface area contributed by atoms with Crippen molar-refractivity contribution < 1.29 is 4.52 Å². The first-order valence-electron chi connectivity index (χ1n) is 4.53. The molecular formula is C10H5ClN4O. The predicted octanol–water partition coefficient (Wildman–Crippen LogP) is 2.33. The zero-order valence-corrected chi connectivity index (χ0v) is 8.72. The Morgan fingerprint density at radius 2 is 1.88 bits per heavy atom. The van der Waals surface area contributed by atoms with Gasteiger partial charge in [0.2, 0.25) is 0 Å². The van der Waals surface area contributed by atoms with E-state index in [-0.39, 0.29) is 5.28 Å². The van der Waals surface area contributed by atoms with Gasteiger partial charge in [-0.3, -0.25) is 9.97 Å². The minimum Gasteiger partial charge on any atom is -0.333 e. The molecule has 78 valence electrons. The second-order valence-corrected chi connectivity index (χ2v) is 3.47. The van der Waals surface area contributed by atoms with Crippen LogP contribution >= 0.6 is 11.6 Å². The number of fused-ring (bicyclic) bond motifs is 1. The van der Waals surface area contributed by atoms with Crippen molar-refractivity contribution in [2.75, 3.05) is 0 Å². The molecular weight excluding hydrogens is 228 g/mol. The van der Waals surface area contributed by atoms with E-state index in [1.807, 2.05) is 18.2 Å². The van der Waals surface area contributed by atoms with E-state index >= 15 is 0 Å². The van der Waals surface area contributed by atoms with Crippen LogP contribution < -0.4 is 0 Å². The molecule has 6 heteroatoms. The molecule has 2 heterocycles. The van der Waals surface area contributed by atoms with Gasteiger partial charge in [-0.15, -0.1) is 0 Å². The van der Waals surface area contributed by atoms with Crippen LogP contribution in [0, 0.1) is 0 Å². The van der Waals surface area contributed by atoms with Crippen LogP contribution in [0.3, 0.4) is 0 Å². The van der Waals surface area contributed by atoms with Crippen LogP contribution in [0.2, 0.25) is 5.28 Å². The average Bonchev–Trinajstić information content (AvgIpc) is 2.75. The van der Waals surface area contributed by atoms with Gasteiger partial charge < -0.3 is 4.52 Å². The van der Waals surface area contributed by atoms with E-state index in [0.29, 0.717) is 5.89 Å². The van der Waals surface area contributed by atoms with E-state index in [2.05, 4.69) is 20.1 Å². The molecule has 0 bridgehead atoms. The molecule has 0 aliphatic rings. The zero-order valence-electron chi connectivity index (χ0n) is 7.96. The lowest BCUT2D eigenvalue weighted by molar-refractivity contribution is 0.430. The summed E-state index contributed by atoms with van der Waals surface area (Å²) in [6.07, 6.45) is 3.28. The molecule has 1 aromatic carbocycles. The molecule has 0 amide bonds. The second-order valence-electron chi connectivity index (χ2n) is 3.13. The highest BCUT2D eigenvalue weighted by molar-refractivity contribution is 6.28. The van der Waals surface area contributed by atoms with E-state index < -0.39 is 0 Å². The van der Waals surface area contributed by atoms with Crippen LogP contribution in [-0.2, 0) is 0 Å². The third-order valence-corrected chi connectivity index (χ3v) is 2.27. The van der Waals surface area contributed by atoms with Gasteiger partial charge in [-0.1, -0.05) is 0 Å². The highest BCUT2D eigenvalue weighted by Crippen LogP contribution is 2.21. The van der Waals surface area contributed by atoms with Crippen LogP contribution in [0.15, 0.2) is 35.1 Å². The van der Waals surface area contributed by atoms with Crippen molar-refractivity contribution in [1.29, 1.82) is 0 Å². The molecule has 0 fully saturated rings. The lowest BCUT2D eigenvalue weighted by atomic mass is 10.2. The summed E-state index contributed by atoms with van der Waals surface area (Å²) >= 11 is 5.58. The van der Waals surface area contributed by atoms with Gasteiger partial charge in [-0.2, -0.15) is 4.98 Å². The Kier molecular flexibility index (Phi) is 2.04. The summed E-state index contributed by atoms with van der Waals surface area (Å²) in [5, 5.41) is 3.61. The third-order valence-electron chi connectivity index (χ3n) is 2.12. The average molecular weight is 233 g/mol. The Balaban J connectivity index is 2.18. The maximum Gasteiger partial charge on any atom is 0.264 e. The number of nitrogens with zero attached hydrogens (tertiary/aromatic N) is 4. The lowest BCUT2D eigenvalue weighted by Gasteiger charge is -1.97. The van der Waals surface area contributed by atoms with E-state index in [0.717, 1.165) is 16.6 Å². The summed E-state index contributed by atoms with van der Waals surface area (Å²) in [6.45, 7) is 0. The standard InChI is InChI=1S/C10H5ClN4O/c11-10-14-9(16-15-10)6-1-2-7-8(5-6)13-4-3-12-7/h1-5H. The van der Waals surface area contributed by atoms with Crippen molar-refractivity contribution in [3.63, 3.8) is 0 Å². The van der Waals surface area contributed by atoms with E-state index in [1.54, 1.807) is 12.4 Å². The maximum absolute atomic E-state index is 5.58. The Bertz CT molecular complexity index is 652. The third kappa shape index (κ3) is 1.51. The monoisotopic (exact) mass is 232 g/mol. The number of hydrogen-bond acceptors (Lipinski definition) is 5. The van der Waals surface area contributed by atoms with Crippen molar-refractivity contribution in [1.82, 2.24) is 20.1 Å². The molecule has 16 heavy (non-hydrogen) atoms. The Labute approximate surface area is 95.1 Å². The van der Waals surface area contributed by atoms with Crippen molar-refractivity contribution in [2.45, 2.75) is 0 Å². The number of hydrogen-bond donors (Lipinski definition) is 0. The first-order chi connectivity index (χ1) is 7.83. The molecule has 3 aromatic rings. The summed E-state index contributed by atoms with van der Waals surface area (Å²) in [7, 11) is 0. The van der Waals surface area contributed by atoms with Gasteiger partial charge in [-0.05, 0) is 35.0 Å². The van der Waals surface area contributed by atoms with Gasteiger partial charge in [0.1, 0.15) is 0 Å². The number of halogens is 1. The van der Waals surface area contributed by atoms with Gasteiger partial charge >= 0.3 is 0 Å². The van der Waals surface area contributed by atoms with E-state index in [9.17, 15) is 0 Å². The number of aromatic nitrogens is 4. The quantitative estimate of drug-likeness (QED) is 0.644. The SMILES string of the molecule is Clc1noc(-c2ccc3nccnc3c2)n1. The predicted molar refractivity (Wildman–Crippen MR) is 57.8 cm³/mol. The fraction of sp³-hybridized carbons (Fsp3) is 0. The smallest absolute Gasteiger partial charge is 0.264 e. The van der Waals surface area contributed by atoms with Crippen LogP contribution in [-0.4, -0.2) is 20.1 Å². The highest BCUT2D eigenvalue weighted by Gasteiger charge is 2.08. The fourth-order valence-electron chi connectivity index (χ4n) is 1.42. The summed E-state index contributed by atoms with van der Waals surface area (Å²) in [6, 6.07) is 5.50. The number of rotatable bonds is 1. The van der Waals surface area contributed by atoms with Crippen LogP contribution in [0.4, 0.5) is 0 Å². The minimum atomic E-state index is 0.0919. The van der Waals surface area contributed by atoms with E-state index in [4.69, 9.17) is 16.1 Å². The minimum absolute atomic E-state index is 0.0919. The van der Waals surface area contributed by atoms with Gasteiger partial charge in [-0.25, -0.2) is 0 Å². The molecule has 0 atom stereocenters. The molecule has 0 saturated heterocycles. The molecule has 5 nitrogen and oxygen atoms in total. The van der Waals surface area contributed by atoms with Gasteiger partial charge in [0.15, 0.2) is 0 Å². The highest BCUT2D eigenvalue weighted by atomic mass is 35.5. The summed E-state index contributed by atoms with van der Waals surface area (Å²) in [4.78, 5) is 12.3. The molecule has 0 N–H and O–H groups in total. The Hall–Kier alpha value is -2.01. The first-order valence-corrected chi connectivity index (χ1v) is 4.91. The van der Waals surface area contributed by atoms with Crippen molar-refractivity contribution in [2.24, 2.45) is 0 Å². The second kappa shape index (κ2) is 3.53. The largest absolute Gasteiger partial charge is 0.333 e. The number of benzene rings is 1. The van der Waals surface area contributed by atoms with Gasteiger partial charge in [0, 0.05) is 18.0 Å². The normalized spacial score (nSPS) is 10.8. The zero-order chi connectivity index (χ0) is 11.0. The molecule has 0 saturated carbocycles. The molecule has 3 rings (SSSR count). The first kappa shape index (κ1) is 9.23. The fourth-order valence-corrected chi connectivity index (χ4v) is 1.53. The summed E-state index contributed by atoms with van der Waals surface area (Å²) in [5.74, 6) is 0.373.